The van der Waals surface area contributed by atoms with E-state index in [1.54, 1.807) is 6.07 Å². The van der Waals surface area contributed by atoms with Crippen molar-refractivity contribution in [3.63, 3.8) is 0 Å². The average molecular weight is 572 g/mol. The zero-order valence-electron chi connectivity index (χ0n) is 17.4. The summed E-state index contributed by atoms with van der Waals surface area (Å²) in [7, 11) is 0. The topological polar surface area (TPSA) is 37.3 Å². The normalized spacial score (nSPS) is 9.48. The van der Waals surface area contributed by atoms with Crippen LogP contribution in [0.25, 0.3) is 0 Å². The third-order valence-corrected chi connectivity index (χ3v) is 12.0. The third-order valence-electron chi connectivity index (χ3n) is 4.19. The molecular formula is C29H17FeO2Sn-10. The van der Waals surface area contributed by atoms with Crippen LogP contribution in [-0.4, -0.2) is 30.8 Å². The molecule has 0 aliphatic carbocycles. The maximum absolute atomic E-state index is 9.96. The molecule has 0 heterocycles. The van der Waals surface area contributed by atoms with Crippen molar-refractivity contribution in [1.29, 1.82) is 0 Å². The Morgan fingerprint density at radius 1 is 0.667 bits per heavy atom. The van der Waals surface area contributed by atoms with Crippen LogP contribution in [0.15, 0.2) is 97.1 Å². The SMILES string of the molecule is O=C(O)[c-]1[c-][c-][c-][c-]1.[Fe].[c-]1[c-][c-][cH-][c-]1.c1cc[c]([Sn]([c]2ccccc2)[c]2ccccc2)cc1. The number of carboxylic acids is 1. The van der Waals surface area contributed by atoms with E-state index in [0.29, 0.717) is 0 Å². The molecule has 167 valence electrons. The van der Waals surface area contributed by atoms with E-state index >= 15 is 0 Å². The minimum absolute atomic E-state index is 0. The molecule has 1 radical (unpaired) electrons. The van der Waals surface area contributed by atoms with Crippen molar-refractivity contribution in [3.8, 4) is 0 Å². The summed E-state index contributed by atoms with van der Waals surface area (Å²) < 4.78 is 4.59. The molecule has 0 aliphatic heterocycles. The molecule has 0 spiro atoms. The Labute approximate surface area is 213 Å². The van der Waals surface area contributed by atoms with Gasteiger partial charge in [0.25, 0.3) is 0 Å². The number of rotatable bonds is 4. The van der Waals surface area contributed by atoms with Gasteiger partial charge in [-0.05, 0) is 0 Å². The summed E-state index contributed by atoms with van der Waals surface area (Å²) in [6.07, 6.45) is 0. The number of hydrogen-bond acceptors (Lipinski definition) is 1. The second kappa shape index (κ2) is 15.1. The molecule has 4 heteroatoms. The molecule has 0 aliphatic rings. The van der Waals surface area contributed by atoms with Crippen LogP contribution in [-0.2, 0) is 17.1 Å². The molecule has 2 nitrogen and oxygen atoms in total. The first-order valence-electron chi connectivity index (χ1n) is 9.74. The molecule has 0 saturated carbocycles. The van der Waals surface area contributed by atoms with E-state index in [1.165, 1.54) is 10.7 Å². The van der Waals surface area contributed by atoms with Crippen LogP contribution in [0.2, 0.25) is 0 Å². The number of aromatic carboxylic acids is 1. The third kappa shape index (κ3) is 8.89. The van der Waals surface area contributed by atoms with Gasteiger partial charge in [0.2, 0.25) is 0 Å². The van der Waals surface area contributed by atoms with Crippen LogP contribution in [0, 0.1) is 48.5 Å². The van der Waals surface area contributed by atoms with Gasteiger partial charge in [-0.2, -0.15) is 0 Å². The molecule has 0 fully saturated rings. The summed E-state index contributed by atoms with van der Waals surface area (Å²) in [5, 5.41) is 8.17. The first kappa shape index (κ1) is 26.4. The number of carbonyl (C=O) groups is 1. The first-order chi connectivity index (χ1) is 15.8. The van der Waals surface area contributed by atoms with E-state index in [4.69, 9.17) is 5.11 Å². The van der Waals surface area contributed by atoms with Gasteiger partial charge >= 0.3 is 121 Å². The van der Waals surface area contributed by atoms with Gasteiger partial charge in [-0.1, -0.05) is 0 Å². The molecule has 33 heavy (non-hydrogen) atoms. The summed E-state index contributed by atoms with van der Waals surface area (Å²) in [6, 6.07) is 54.2. The quantitative estimate of drug-likeness (QED) is 0.266. The van der Waals surface area contributed by atoms with Crippen LogP contribution >= 0.6 is 0 Å². The second-order valence-corrected chi connectivity index (χ2v) is 13.4. The van der Waals surface area contributed by atoms with Crippen molar-refractivity contribution >= 4 is 36.5 Å². The van der Waals surface area contributed by atoms with Crippen molar-refractivity contribution in [3.05, 3.63) is 151 Å². The fraction of sp³-hybridized carbons (Fsp3) is 0. The van der Waals surface area contributed by atoms with E-state index in [9.17, 15) is 4.79 Å². The van der Waals surface area contributed by atoms with E-state index in [2.05, 4.69) is 140 Å². The van der Waals surface area contributed by atoms with E-state index in [0.717, 1.165) is 0 Å². The van der Waals surface area contributed by atoms with Gasteiger partial charge in [-0.3, -0.25) is 0 Å². The van der Waals surface area contributed by atoms with Crippen molar-refractivity contribution in [2.45, 2.75) is 0 Å². The summed E-state index contributed by atoms with van der Waals surface area (Å²) in [5.74, 6) is -1.04. The van der Waals surface area contributed by atoms with E-state index < -0.39 is 25.7 Å². The molecule has 0 amide bonds. The second-order valence-electron chi connectivity index (χ2n) is 6.34. The standard InChI is InChI=1S/C6HO2.3C6H5.C5H.Fe.Sn/c7-6(8)5-3-1-2-4-5;3*1-2-4-6-5-3-1;1-2-4-5-3-1;;/h(H,7,8);3*1-5H;1H;;/q-5;;;;-5;;. The Morgan fingerprint density at radius 2 is 1.03 bits per heavy atom. The Hall–Kier alpha value is -2.85. The van der Waals surface area contributed by atoms with E-state index in [1.807, 2.05) is 0 Å². The van der Waals surface area contributed by atoms with Crippen molar-refractivity contribution in [2.75, 3.05) is 0 Å². The number of benzene rings is 3. The average Bonchev–Trinajstić information content (AvgIpc) is 3.59. The zero-order valence-corrected chi connectivity index (χ0v) is 21.4. The molecule has 0 aromatic heterocycles. The van der Waals surface area contributed by atoms with Crippen LogP contribution < -0.4 is 10.7 Å². The Bertz CT molecular complexity index is 1010. The Morgan fingerprint density at radius 3 is 1.27 bits per heavy atom. The summed E-state index contributed by atoms with van der Waals surface area (Å²) in [6.45, 7) is 0. The zero-order chi connectivity index (χ0) is 22.4. The molecule has 0 unspecified atom stereocenters. The fourth-order valence-corrected chi connectivity index (χ4v) is 10.2. The van der Waals surface area contributed by atoms with Gasteiger partial charge in [-0.25, -0.2) is 0 Å². The van der Waals surface area contributed by atoms with Gasteiger partial charge in [0.1, 0.15) is 0 Å². The van der Waals surface area contributed by atoms with E-state index in [-0.39, 0.29) is 22.6 Å². The van der Waals surface area contributed by atoms with Crippen LogP contribution in [0.3, 0.4) is 0 Å². The van der Waals surface area contributed by atoms with Crippen LogP contribution in [0.1, 0.15) is 10.4 Å². The number of carboxylic acid groups (broad SMARTS) is 1. The van der Waals surface area contributed by atoms with Crippen molar-refractivity contribution in [2.24, 2.45) is 0 Å². The van der Waals surface area contributed by atoms with Gasteiger partial charge < -0.3 is 70.1 Å². The van der Waals surface area contributed by atoms with Gasteiger partial charge in [0.15, 0.2) is 0 Å². The monoisotopic (exact) mass is 573 g/mol. The van der Waals surface area contributed by atoms with Gasteiger partial charge in [0, 0.05) is 17.1 Å². The predicted molar refractivity (Wildman–Crippen MR) is 126 cm³/mol. The van der Waals surface area contributed by atoms with Gasteiger partial charge in [0.05, 0.1) is 0 Å². The molecule has 0 saturated heterocycles. The van der Waals surface area contributed by atoms with Crippen molar-refractivity contribution < 1.29 is 27.0 Å². The molecular weight excluding hydrogens is 555 g/mol. The van der Waals surface area contributed by atoms with Crippen molar-refractivity contribution in [1.82, 2.24) is 0 Å². The van der Waals surface area contributed by atoms with Crippen LogP contribution in [0.5, 0.6) is 0 Å². The molecule has 1 N–H and O–H groups in total. The Kier molecular flexibility index (Phi) is 12.1. The molecule has 0 bridgehead atoms. The van der Waals surface area contributed by atoms with Gasteiger partial charge in [-0.15, -0.1) is 5.97 Å². The molecule has 5 aromatic rings. The van der Waals surface area contributed by atoms with Crippen LogP contribution in [0.4, 0.5) is 0 Å². The first-order valence-corrected chi connectivity index (χ1v) is 14.0. The molecule has 5 aromatic carbocycles. The molecule has 0 atom stereocenters. The Balaban J connectivity index is 0.000000227. The number of hydrogen-bond donors (Lipinski definition) is 1. The predicted octanol–water partition coefficient (Wildman–Crippen LogP) is 3.11. The minimum atomic E-state index is -1.98. The molecule has 5 rings (SSSR count). The fourth-order valence-electron chi connectivity index (χ4n) is 2.82. The summed E-state index contributed by atoms with van der Waals surface area (Å²) in [5.41, 5.74) is -0.00926. The summed E-state index contributed by atoms with van der Waals surface area (Å²) >= 11 is -1.98. The summed E-state index contributed by atoms with van der Waals surface area (Å²) in [4.78, 5) is 9.96. The maximum atomic E-state index is 9.96.